The van der Waals surface area contributed by atoms with E-state index in [4.69, 9.17) is 9.47 Å². The Kier molecular flexibility index (Phi) is 2.11. The molecule has 0 aliphatic carbocycles. The van der Waals surface area contributed by atoms with Crippen LogP contribution in [0.15, 0.2) is 6.07 Å². The number of rotatable bonds is 1. The monoisotopic (exact) mass is 220 g/mol. The second kappa shape index (κ2) is 3.39. The van der Waals surface area contributed by atoms with Crippen molar-refractivity contribution in [1.82, 2.24) is 0 Å². The Labute approximate surface area is 95.0 Å². The van der Waals surface area contributed by atoms with Crippen molar-refractivity contribution in [3.8, 4) is 11.5 Å². The van der Waals surface area contributed by atoms with Crippen LogP contribution >= 0.6 is 0 Å². The highest BCUT2D eigenvalue weighted by molar-refractivity contribution is 5.57. The summed E-state index contributed by atoms with van der Waals surface area (Å²) in [5.74, 6) is 1.83. The lowest BCUT2D eigenvalue weighted by Gasteiger charge is -2.11. The van der Waals surface area contributed by atoms with E-state index in [1.807, 2.05) is 0 Å². The smallest absolute Gasteiger partial charge is 0.129 e. The molecule has 2 unspecified atom stereocenters. The van der Waals surface area contributed by atoms with E-state index >= 15 is 0 Å². The maximum absolute atomic E-state index is 9.50. The maximum atomic E-state index is 9.50. The van der Waals surface area contributed by atoms with E-state index in [2.05, 4.69) is 19.9 Å². The standard InChI is InChI=1S/C13H16O3/c1-7-3-9-5-12-10(4-8(2)15-12)11(6-14)13(9)16-7/h5,7-8,14H,3-4,6H2,1-2H3. The van der Waals surface area contributed by atoms with Crippen molar-refractivity contribution < 1.29 is 14.6 Å². The quantitative estimate of drug-likeness (QED) is 0.784. The van der Waals surface area contributed by atoms with Crippen LogP contribution in [-0.4, -0.2) is 17.3 Å². The average Bonchev–Trinajstić information content (AvgIpc) is 2.74. The minimum Gasteiger partial charge on any atom is -0.490 e. The first kappa shape index (κ1) is 9.97. The summed E-state index contributed by atoms with van der Waals surface area (Å²) in [5.41, 5.74) is 3.23. The minimum atomic E-state index is 0.0360. The van der Waals surface area contributed by atoms with Crippen molar-refractivity contribution in [2.24, 2.45) is 0 Å². The average molecular weight is 220 g/mol. The zero-order valence-corrected chi connectivity index (χ0v) is 9.62. The lowest BCUT2D eigenvalue weighted by Crippen LogP contribution is -2.07. The Hall–Kier alpha value is -1.22. The molecule has 0 radical (unpaired) electrons. The van der Waals surface area contributed by atoms with E-state index in [9.17, 15) is 5.11 Å². The van der Waals surface area contributed by atoms with Crippen LogP contribution in [0.4, 0.5) is 0 Å². The molecule has 3 rings (SSSR count). The maximum Gasteiger partial charge on any atom is 0.129 e. The highest BCUT2D eigenvalue weighted by Crippen LogP contribution is 2.43. The van der Waals surface area contributed by atoms with Crippen LogP contribution in [0, 0.1) is 0 Å². The van der Waals surface area contributed by atoms with Gasteiger partial charge in [0.05, 0.1) is 6.61 Å². The molecule has 0 spiro atoms. The molecule has 3 heteroatoms. The summed E-state index contributed by atoms with van der Waals surface area (Å²) in [6, 6.07) is 2.08. The fraction of sp³-hybridized carbons (Fsp3) is 0.538. The molecule has 1 aromatic carbocycles. The predicted octanol–water partition coefficient (Wildman–Crippen LogP) is 1.83. The van der Waals surface area contributed by atoms with Crippen molar-refractivity contribution in [2.75, 3.05) is 0 Å². The van der Waals surface area contributed by atoms with E-state index in [1.165, 1.54) is 5.56 Å². The zero-order chi connectivity index (χ0) is 11.3. The van der Waals surface area contributed by atoms with Crippen molar-refractivity contribution in [2.45, 2.75) is 45.5 Å². The van der Waals surface area contributed by atoms with Gasteiger partial charge >= 0.3 is 0 Å². The van der Waals surface area contributed by atoms with Gasteiger partial charge in [-0.25, -0.2) is 0 Å². The highest BCUT2D eigenvalue weighted by Gasteiger charge is 2.30. The molecule has 0 aromatic heterocycles. The summed E-state index contributed by atoms with van der Waals surface area (Å²) in [6.45, 7) is 4.14. The van der Waals surface area contributed by atoms with Crippen LogP contribution < -0.4 is 9.47 Å². The van der Waals surface area contributed by atoms with Gasteiger partial charge in [-0.2, -0.15) is 0 Å². The summed E-state index contributed by atoms with van der Waals surface area (Å²) in [4.78, 5) is 0. The molecule has 0 bridgehead atoms. The minimum absolute atomic E-state index is 0.0360. The molecule has 0 saturated heterocycles. The summed E-state index contributed by atoms with van der Waals surface area (Å²) >= 11 is 0. The molecular formula is C13H16O3. The molecule has 86 valence electrons. The van der Waals surface area contributed by atoms with Gasteiger partial charge in [0, 0.05) is 29.5 Å². The van der Waals surface area contributed by atoms with E-state index in [0.717, 1.165) is 35.5 Å². The van der Waals surface area contributed by atoms with Crippen molar-refractivity contribution >= 4 is 0 Å². The molecule has 1 N–H and O–H groups in total. The number of fused-ring (bicyclic) bond motifs is 2. The predicted molar refractivity (Wildman–Crippen MR) is 60.0 cm³/mol. The first-order valence-corrected chi connectivity index (χ1v) is 5.81. The van der Waals surface area contributed by atoms with E-state index < -0.39 is 0 Å². The van der Waals surface area contributed by atoms with Crippen LogP contribution in [0.2, 0.25) is 0 Å². The number of hydrogen-bond acceptors (Lipinski definition) is 3. The summed E-state index contributed by atoms with van der Waals surface area (Å²) in [7, 11) is 0. The van der Waals surface area contributed by atoms with Gasteiger partial charge in [-0.15, -0.1) is 0 Å². The van der Waals surface area contributed by atoms with E-state index in [-0.39, 0.29) is 18.8 Å². The number of ether oxygens (including phenoxy) is 2. The van der Waals surface area contributed by atoms with Gasteiger partial charge in [-0.05, 0) is 19.9 Å². The molecule has 3 nitrogen and oxygen atoms in total. The Morgan fingerprint density at radius 3 is 2.75 bits per heavy atom. The highest BCUT2D eigenvalue weighted by atomic mass is 16.5. The van der Waals surface area contributed by atoms with Crippen LogP contribution in [0.25, 0.3) is 0 Å². The Bertz CT molecular complexity index is 403. The van der Waals surface area contributed by atoms with Crippen molar-refractivity contribution in [1.29, 1.82) is 0 Å². The van der Waals surface area contributed by atoms with Gasteiger partial charge in [0.2, 0.25) is 0 Å². The van der Waals surface area contributed by atoms with Crippen LogP contribution in [0.1, 0.15) is 30.5 Å². The largest absolute Gasteiger partial charge is 0.490 e. The van der Waals surface area contributed by atoms with Crippen molar-refractivity contribution in [3.05, 3.63) is 22.8 Å². The van der Waals surface area contributed by atoms with Crippen LogP contribution in [0.3, 0.4) is 0 Å². The normalized spacial score (nSPS) is 25.9. The third-order valence-electron chi connectivity index (χ3n) is 3.34. The lowest BCUT2D eigenvalue weighted by atomic mass is 9.98. The zero-order valence-electron chi connectivity index (χ0n) is 9.62. The molecule has 16 heavy (non-hydrogen) atoms. The van der Waals surface area contributed by atoms with Crippen LogP contribution in [0.5, 0.6) is 11.5 Å². The summed E-state index contributed by atoms with van der Waals surface area (Å²) < 4.78 is 11.5. The van der Waals surface area contributed by atoms with Gasteiger partial charge in [0.1, 0.15) is 23.7 Å². The SMILES string of the molecule is CC1Cc2c(cc3c(c2CO)OC(C)C3)O1. The Morgan fingerprint density at radius 2 is 2.00 bits per heavy atom. The van der Waals surface area contributed by atoms with Gasteiger partial charge in [0.25, 0.3) is 0 Å². The van der Waals surface area contributed by atoms with Crippen molar-refractivity contribution in [3.63, 3.8) is 0 Å². The molecule has 2 aliphatic rings. The van der Waals surface area contributed by atoms with E-state index in [0.29, 0.717) is 0 Å². The summed E-state index contributed by atoms with van der Waals surface area (Å²) in [6.07, 6.45) is 2.20. The molecule has 2 atom stereocenters. The number of hydrogen-bond donors (Lipinski definition) is 1. The lowest BCUT2D eigenvalue weighted by molar-refractivity contribution is 0.236. The molecule has 0 fully saturated rings. The van der Waals surface area contributed by atoms with Gasteiger partial charge in [-0.3, -0.25) is 0 Å². The Balaban J connectivity index is 2.15. The topological polar surface area (TPSA) is 38.7 Å². The molecular weight excluding hydrogens is 204 g/mol. The van der Waals surface area contributed by atoms with Gasteiger partial charge < -0.3 is 14.6 Å². The molecule has 2 aliphatic heterocycles. The number of aliphatic hydroxyl groups excluding tert-OH is 1. The van der Waals surface area contributed by atoms with Crippen LogP contribution in [-0.2, 0) is 19.4 Å². The fourth-order valence-corrected chi connectivity index (χ4v) is 2.68. The Morgan fingerprint density at radius 1 is 1.25 bits per heavy atom. The third kappa shape index (κ3) is 1.31. The van der Waals surface area contributed by atoms with E-state index in [1.54, 1.807) is 0 Å². The van der Waals surface area contributed by atoms with Gasteiger partial charge in [0.15, 0.2) is 0 Å². The van der Waals surface area contributed by atoms with Gasteiger partial charge in [-0.1, -0.05) is 0 Å². The second-order valence-corrected chi connectivity index (χ2v) is 4.74. The number of aliphatic hydroxyl groups is 1. The molecule has 2 heterocycles. The first-order valence-electron chi connectivity index (χ1n) is 5.81. The second-order valence-electron chi connectivity index (χ2n) is 4.74. The molecule has 1 aromatic rings. The summed E-state index contributed by atoms with van der Waals surface area (Å²) in [5, 5.41) is 9.50. The number of benzene rings is 1. The third-order valence-corrected chi connectivity index (χ3v) is 3.34. The molecule has 0 saturated carbocycles. The molecule has 0 amide bonds. The first-order chi connectivity index (χ1) is 7.69. The fourth-order valence-electron chi connectivity index (χ4n) is 2.68.